The maximum atomic E-state index is 13.8. The van der Waals surface area contributed by atoms with Crippen molar-refractivity contribution in [1.29, 1.82) is 0 Å². The Labute approximate surface area is 203 Å². The van der Waals surface area contributed by atoms with Crippen LogP contribution in [0, 0.1) is 5.92 Å². The smallest absolute Gasteiger partial charge is 0.348 e. The van der Waals surface area contributed by atoms with Gasteiger partial charge in [0.15, 0.2) is 9.84 Å². The molecule has 1 saturated heterocycles. The minimum atomic E-state index is -4.61. The van der Waals surface area contributed by atoms with Gasteiger partial charge >= 0.3 is 6.18 Å². The van der Waals surface area contributed by atoms with Crippen molar-refractivity contribution in [2.24, 2.45) is 5.92 Å². The molecule has 1 N–H and O–H groups in total. The quantitative estimate of drug-likeness (QED) is 0.541. The molecular weight excluding hydrogens is 489 g/mol. The summed E-state index contributed by atoms with van der Waals surface area (Å²) in [6.45, 7) is 5.04. The van der Waals surface area contributed by atoms with Crippen LogP contribution in [0.1, 0.15) is 53.7 Å². The molecule has 34 heavy (non-hydrogen) atoms. The molecule has 1 atom stereocenters. The highest BCUT2D eigenvalue weighted by Crippen LogP contribution is 2.34. The van der Waals surface area contributed by atoms with Crippen LogP contribution in [0.25, 0.3) is 0 Å². The van der Waals surface area contributed by atoms with Crippen molar-refractivity contribution >= 4 is 27.3 Å². The summed E-state index contributed by atoms with van der Waals surface area (Å²) in [5.41, 5.74) is -0.584. The van der Waals surface area contributed by atoms with E-state index >= 15 is 0 Å². The summed E-state index contributed by atoms with van der Waals surface area (Å²) in [7, 11) is -3.57. The lowest BCUT2D eigenvalue weighted by Crippen LogP contribution is -2.34. The lowest BCUT2D eigenvalue weighted by atomic mass is 9.98. The summed E-state index contributed by atoms with van der Waals surface area (Å²) in [5, 5.41) is 2.81. The molecule has 186 valence electrons. The second-order valence-electron chi connectivity index (χ2n) is 8.69. The number of alkyl halides is 3. The van der Waals surface area contributed by atoms with E-state index in [1.165, 1.54) is 37.3 Å². The number of hydrogen-bond acceptors (Lipinski definition) is 4. The molecule has 10 heteroatoms. The van der Waals surface area contributed by atoms with E-state index in [-0.39, 0.29) is 45.5 Å². The first-order valence-electron chi connectivity index (χ1n) is 11.1. The van der Waals surface area contributed by atoms with Crippen LogP contribution < -0.4 is 5.32 Å². The van der Waals surface area contributed by atoms with E-state index in [1.54, 1.807) is 0 Å². The average Bonchev–Trinajstić information content (AvgIpc) is 2.77. The molecule has 1 unspecified atom stereocenters. The minimum absolute atomic E-state index is 0.0294. The van der Waals surface area contributed by atoms with Crippen molar-refractivity contribution in [3.63, 3.8) is 0 Å². The summed E-state index contributed by atoms with van der Waals surface area (Å²) in [6.07, 6.45) is -2.60. The normalized spacial score (nSPS) is 17.5. The SMILES string of the molecule is CCS(=O)(=O)c1ccc(Cl)cc1CNC(=O)c1ccc(CN2CCCC(C)C2)c(C(F)(F)F)c1. The van der Waals surface area contributed by atoms with Gasteiger partial charge in [-0.1, -0.05) is 31.5 Å². The molecule has 3 rings (SSSR count). The third-order valence-electron chi connectivity index (χ3n) is 5.99. The van der Waals surface area contributed by atoms with E-state index in [2.05, 4.69) is 12.2 Å². The van der Waals surface area contributed by atoms with E-state index in [1.807, 2.05) is 4.90 Å². The number of rotatable bonds is 7. The Balaban J connectivity index is 1.81. The second-order valence-corrected chi connectivity index (χ2v) is 11.4. The van der Waals surface area contributed by atoms with Crippen LogP contribution >= 0.6 is 11.6 Å². The van der Waals surface area contributed by atoms with Gasteiger partial charge in [-0.2, -0.15) is 13.2 Å². The molecule has 1 aliphatic heterocycles. The summed E-state index contributed by atoms with van der Waals surface area (Å²) in [5.74, 6) is -0.439. The zero-order chi connectivity index (χ0) is 25.1. The highest BCUT2D eigenvalue weighted by atomic mass is 35.5. The van der Waals surface area contributed by atoms with Crippen LogP contribution in [0.15, 0.2) is 41.3 Å². The molecule has 0 aromatic heterocycles. The number of nitrogens with one attached hydrogen (secondary N) is 1. The molecular formula is C24H28ClF3N2O3S. The van der Waals surface area contributed by atoms with Gasteiger partial charge in [0.2, 0.25) is 0 Å². The van der Waals surface area contributed by atoms with E-state index in [4.69, 9.17) is 11.6 Å². The van der Waals surface area contributed by atoms with Gasteiger partial charge in [-0.25, -0.2) is 8.42 Å². The molecule has 2 aromatic carbocycles. The van der Waals surface area contributed by atoms with Crippen molar-refractivity contribution in [2.75, 3.05) is 18.8 Å². The van der Waals surface area contributed by atoms with Crippen LogP contribution in [-0.2, 0) is 29.1 Å². The topological polar surface area (TPSA) is 66.5 Å². The van der Waals surface area contributed by atoms with Crippen molar-refractivity contribution in [3.8, 4) is 0 Å². The Morgan fingerprint density at radius 2 is 1.91 bits per heavy atom. The largest absolute Gasteiger partial charge is 0.416 e. The van der Waals surface area contributed by atoms with Crippen molar-refractivity contribution in [3.05, 3.63) is 63.7 Å². The molecule has 1 fully saturated rings. The predicted octanol–water partition coefficient (Wildman–Crippen LogP) is 5.31. The number of nitrogens with zero attached hydrogens (tertiary/aromatic N) is 1. The van der Waals surface area contributed by atoms with Crippen molar-refractivity contribution in [2.45, 2.75) is 50.9 Å². The van der Waals surface area contributed by atoms with Crippen molar-refractivity contribution in [1.82, 2.24) is 10.2 Å². The Bertz CT molecular complexity index is 1150. The molecule has 0 radical (unpaired) electrons. The first-order chi connectivity index (χ1) is 15.9. The molecule has 0 bridgehead atoms. The summed E-state index contributed by atoms with van der Waals surface area (Å²) in [4.78, 5) is 14.7. The Morgan fingerprint density at radius 1 is 1.18 bits per heavy atom. The van der Waals surface area contributed by atoms with E-state index in [0.717, 1.165) is 32.0 Å². The summed E-state index contributed by atoms with van der Waals surface area (Å²) < 4.78 is 66.1. The summed E-state index contributed by atoms with van der Waals surface area (Å²) >= 11 is 5.98. The number of sulfone groups is 1. The van der Waals surface area contributed by atoms with Gasteiger partial charge in [0.1, 0.15) is 0 Å². The third-order valence-corrected chi connectivity index (χ3v) is 8.05. The highest BCUT2D eigenvalue weighted by molar-refractivity contribution is 7.91. The van der Waals surface area contributed by atoms with Crippen LogP contribution in [-0.4, -0.2) is 38.1 Å². The molecule has 2 aromatic rings. The lowest BCUT2D eigenvalue weighted by molar-refractivity contribution is -0.138. The average molecular weight is 517 g/mol. The van der Waals surface area contributed by atoms with Gasteiger partial charge in [-0.3, -0.25) is 9.69 Å². The molecule has 1 amide bonds. The number of carbonyl (C=O) groups excluding carboxylic acids is 1. The molecule has 0 aliphatic carbocycles. The molecule has 1 heterocycles. The van der Waals surface area contributed by atoms with E-state index in [0.29, 0.717) is 5.92 Å². The number of likely N-dealkylation sites (tertiary alicyclic amines) is 1. The second kappa shape index (κ2) is 10.7. The molecule has 1 aliphatic rings. The number of amides is 1. The van der Waals surface area contributed by atoms with Crippen LogP contribution in [0.3, 0.4) is 0 Å². The fraction of sp³-hybridized carbons (Fsp3) is 0.458. The fourth-order valence-corrected chi connectivity index (χ4v) is 5.52. The van der Waals surface area contributed by atoms with Crippen LogP contribution in [0.4, 0.5) is 13.2 Å². The first kappa shape index (κ1) is 26.5. The standard InChI is InChI=1S/C24H28ClF3N2O3S/c1-3-34(32,33)22-9-8-20(25)11-19(22)13-29-23(31)17-6-7-18(21(12-17)24(26,27)28)15-30-10-4-5-16(2)14-30/h6-9,11-12,16H,3-5,10,13-15H2,1-2H3,(H,29,31). The predicted molar refractivity (Wildman–Crippen MR) is 125 cm³/mol. The fourth-order valence-electron chi connectivity index (χ4n) is 4.21. The zero-order valence-corrected chi connectivity index (χ0v) is 20.7. The van der Waals surface area contributed by atoms with E-state index in [9.17, 15) is 26.4 Å². The number of benzene rings is 2. The van der Waals surface area contributed by atoms with Crippen LogP contribution in [0.2, 0.25) is 5.02 Å². The lowest BCUT2D eigenvalue weighted by Gasteiger charge is -2.31. The van der Waals surface area contributed by atoms with Crippen molar-refractivity contribution < 1.29 is 26.4 Å². The monoisotopic (exact) mass is 516 g/mol. The molecule has 0 spiro atoms. The number of hydrogen-bond donors (Lipinski definition) is 1. The van der Waals surface area contributed by atoms with Gasteiger partial charge in [0.05, 0.1) is 16.2 Å². The number of piperidine rings is 1. The van der Waals surface area contributed by atoms with E-state index < -0.39 is 27.5 Å². The van der Waals surface area contributed by atoms with Gasteiger partial charge in [-0.15, -0.1) is 0 Å². The zero-order valence-electron chi connectivity index (χ0n) is 19.1. The maximum Gasteiger partial charge on any atom is 0.416 e. The molecule has 0 saturated carbocycles. The summed E-state index contributed by atoms with van der Waals surface area (Å²) in [6, 6.07) is 7.81. The van der Waals surface area contributed by atoms with Gasteiger partial charge in [0.25, 0.3) is 5.91 Å². The number of carbonyl (C=O) groups is 1. The third kappa shape index (κ3) is 6.52. The maximum absolute atomic E-state index is 13.8. The first-order valence-corrected chi connectivity index (χ1v) is 13.2. The number of halogens is 4. The molecule has 5 nitrogen and oxygen atoms in total. The highest BCUT2D eigenvalue weighted by Gasteiger charge is 2.34. The Kier molecular flexibility index (Phi) is 8.31. The minimum Gasteiger partial charge on any atom is -0.348 e. The van der Waals surface area contributed by atoms with Crippen LogP contribution in [0.5, 0.6) is 0 Å². The van der Waals surface area contributed by atoms with Gasteiger partial charge < -0.3 is 5.32 Å². The van der Waals surface area contributed by atoms with Gasteiger partial charge in [-0.05, 0) is 66.8 Å². The van der Waals surface area contributed by atoms with Gasteiger partial charge in [0, 0.05) is 30.2 Å². The Hall–Kier alpha value is -2.10. The Morgan fingerprint density at radius 3 is 2.56 bits per heavy atom.